The molecule has 0 fully saturated rings. The molecule has 0 saturated heterocycles. The number of thiophene rings is 2. The average Bonchev–Trinajstić information content (AvgIpc) is 3.18. The van der Waals surface area contributed by atoms with Crippen molar-refractivity contribution in [1.82, 2.24) is 5.48 Å². The third kappa shape index (κ3) is 4.28. The number of hydrogen-bond acceptors (Lipinski definition) is 6. The van der Waals surface area contributed by atoms with Gasteiger partial charge in [0.25, 0.3) is 5.91 Å². The summed E-state index contributed by atoms with van der Waals surface area (Å²) in [4.78, 5) is 19.5. The molecule has 0 spiro atoms. The first-order valence-electron chi connectivity index (χ1n) is 8.14. The lowest BCUT2D eigenvalue weighted by molar-refractivity contribution is -0.122. The van der Waals surface area contributed by atoms with E-state index in [0.717, 1.165) is 36.1 Å². The smallest absolute Gasteiger partial charge is 0.253 e. The number of amides is 1. The summed E-state index contributed by atoms with van der Waals surface area (Å²) in [5.74, 6) is -0.292. The van der Waals surface area contributed by atoms with Crippen LogP contribution in [0.1, 0.15) is 40.1 Å². The Hall–Kier alpha value is -2.14. The van der Waals surface area contributed by atoms with Gasteiger partial charge >= 0.3 is 0 Å². The maximum Gasteiger partial charge on any atom is 0.253 e. The fourth-order valence-electron chi connectivity index (χ4n) is 2.80. The van der Waals surface area contributed by atoms with E-state index in [1.54, 1.807) is 0 Å². The Kier molecular flexibility index (Phi) is 5.87. The van der Waals surface area contributed by atoms with Crippen molar-refractivity contribution in [2.24, 2.45) is 0 Å². The molecule has 0 aromatic carbocycles. The number of aryl methyl sites for hydroxylation is 1. The molecule has 2 aromatic heterocycles. The van der Waals surface area contributed by atoms with E-state index in [9.17, 15) is 10.1 Å². The van der Waals surface area contributed by atoms with E-state index >= 15 is 0 Å². The zero-order valence-corrected chi connectivity index (χ0v) is 15.4. The van der Waals surface area contributed by atoms with E-state index in [4.69, 9.17) is 4.84 Å². The van der Waals surface area contributed by atoms with Crippen molar-refractivity contribution in [3.05, 3.63) is 45.0 Å². The molecule has 0 saturated carbocycles. The molecule has 0 unspecified atom stereocenters. The predicted molar refractivity (Wildman–Crippen MR) is 101 cm³/mol. The van der Waals surface area contributed by atoms with Crippen molar-refractivity contribution in [3.8, 4) is 6.07 Å². The molecule has 1 aliphatic carbocycles. The van der Waals surface area contributed by atoms with E-state index in [1.165, 1.54) is 34.0 Å². The monoisotopic (exact) mass is 373 g/mol. The second-order valence-corrected chi connectivity index (χ2v) is 7.83. The lowest BCUT2D eigenvalue weighted by atomic mass is 10.1. The minimum atomic E-state index is -0.292. The van der Waals surface area contributed by atoms with Crippen molar-refractivity contribution < 1.29 is 9.63 Å². The van der Waals surface area contributed by atoms with Crippen molar-refractivity contribution in [2.75, 3.05) is 11.9 Å². The van der Waals surface area contributed by atoms with Crippen LogP contribution in [0.25, 0.3) is 5.70 Å². The zero-order chi connectivity index (χ0) is 17.6. The van der Waals surface area contributed by atoms with Crippen molar-refractivity contribution >= 4 is 39.3 Å². The quantitative estimate of drug-likeness (QED) is 0.591. The fourth-order valence-corrected chi connectivity index (χ4v) is 4.70. The summed E-state index contributed by atoms with van der Waals surface area (Å²) >= 11 is 3.06. The SMILES string of the molecule is C=C(NOCC(=O)Nc1sc2c(c1C#N)CCCCC2)c1cccs1. The largest absolute Gasteiger partial charge is 0.314 e. The Morgan fingerprint density at radius 2 is 2.20 bits per heavy atom. The number of hydrogen-bond donors (Lipinski definition) is 2. The molecular weight excluding hydrogens is 354 g/mol. The van der Waals surface area contributed by atoms with E-state index in [0.29, 0.717) is 16.3 Å². The second kappa shape index (κ2) is 8.30. The molecule has 5 nitrogen and oxygen atoms in total. The summed E-state index contributed by atoms with van der Waals surface area (Å²) in [6.45, 7) is 3.70. The first-order valence-corrected chi connectivity index (χ1v) is 9.83. The molecule has 25 heavy (non-hydrogen) atoms. The average molecular weight is 374 g/mol. The van der Waals surface area contributed by atoms with Crippen LogP contribution in [0.15, 0.2) is 24.1 Å². The fraction of sp³-hybridized carbons (Fsp3) is 0.333. The first kappa shape index (κ1) is 17.7. The second-order valence-electron chi connectivity index (χ2n) is 5.78. The summed E-state index contributed by atoms with van der Waals surface area (Å²) in [6.07, 6.45) is 5.35. The molecule has 2 N–H and O–H groups in total. The number of rotatable bonds is 6. The Balaban J connectivity index is 1.56. The van der Waals surface area contributed by atoms with E-state index in [-0.39, 0.29) is 12.5 Å². The van der Waals surface area contributed by atoms with Gasteiger partial charge in [0, 0.05) is 4.88 Å². The highest BCUT2D eigenvalue weighted by atomic mass is 32.1. The maximum atomic E-state index is 12.1. The molecule has 3 rings (SSSR count). The van der Waals surface area contributed by atoms with Gasteiger partial charge in [0.2, 0.25) is 0 Å². The standard InChI is InChI=1S/C18H19N3O2S2/c1-12(15-8-5-9-24-15)21-23-11-17(22)20-18-14(10-19)13-6-3-2-4-7-16(13)25-18/h5,8-9,21H,1-4,6-7,11H2,(H,20,22). The number of fused-ring (bicyclic) bond motifs is 1. The van der Waals surface area contributed by atoms with E-state index < -0.39 is 0 Å². The number of carbonyl (C=O) groups excluding carboxylic acids is 1. The number of nitrogens with one attached hydrogen (secondary N) is 2. The normalized spacial score (nSPS) is 13.4. The van der Waals surface area contributed by atoms with Gasteiger partial charge < -0.3 is 5.32 Å². The van der Waals surface area contributed by atoms with Crippen LogP contribution >= 0.6 is 22.7 Å². The highest BCUT2D eigenvalue weighted by Crippen LogP contribution is 2.36. The van der Waals surface area contributed by atoms with Crippen molar-refractivity contribution in [1.29, 1.82) is 5.26 Å². The minimum Gasteiger partial charge on any atom is -0.314 e. The van der Waals surface area contributed by atoms with Gasteiger partial charge in [-0.1, -0.05) is 19.1 Å². The molecule has 0 aliphatic heterocycles. The molecule has 0 bridgehead atoms. The molecular formula is C18H19N3O2S2. The van der Waals surface area contributed by atoms with Crippen LogP contribution in [0, 0.1) is 11.3 Å². The lowest BCUT2D eigenvalue weighted by Crippen LogP contribution is -2.23. The predicted octanol–water partition coefficient (Wildman–Crippen LogP) is 4.08. The summed E-state index contributed by atoms with van der Waals surface area (Å²) in [7, 11) is 0. The highest BCUT2D eigenvalue weighted by Gasteiger charge is 2.21. The molecule has 0 atom stereocenters. The minimum absolute atomic E-state index is 0.155. The topological polar surface area (TPSA) is 74.2 Å². The van der Waals surface area contributed by atoms with Gasteiger partial charge in [0.05, 0.1) is 16.1 Å². The third-order valence-corrected chi connectivity index (χ3v) is 6.14. The summed E-state index contributed by atoms with van der Waals surface area (Å²) in [5, 5.41) is 14.9. The number of carbonyl (C=O) groups is 1. The maximum absolute atomic E-state index is 12.1. The van der Waals surface area contributed by atoms with Crippen LogP contribution in [-0.2, 0) is 22.5 Å². The van der Waals surface area contributed by atoms with Gasteiger partial charge in [0.1, 0.15) is 11.1 Å². The number of anilines is 1. The van der Waals surface area contributed by atoms with Gasteiger partial charge in [-0.15, -0.1) is 22.7 Å². The van der Waals surface area contributed by atoms with Crippen LogP contribution < -0.4 is 10.8 Å². The van der Waals surface area contributed by atoms with Crippen LogP contribution in [0.3, 0.4) is 0 Å². The Labute approximate surface area is 154 Å². The molecule has 7 heteroatoms. The van der Waals surface area contributed by atoms with E-state index in [1.807, 2.05) is 17.5 Å². The lowest BCUT2D eigenvalue weighted by Gasteiger charge is -2.08. The van der Waals surface area contributed by atoms with Gasteiger partial charge in [-0.2, -0.15) is 5.26 Å². The Morgan fingerprint density at radius 3 is 2.96 bits per heavy atom. The van der Waals surface area contributed by atoms with Crippen LogP contribution in [0.5, 0.6) is 0 Å². The van der Waals surface area contributed by atoms with Crippen LogP contribution in [0.4, 0.5) is 5.00 Å². The molecule has 130 valence electrons. The van der Waals surface area contributed by atoms with Gasteiger partial charge in [-0.3, -0.25) is 15.1 Å². The Morgan fingerprint density at radius 1 is 1.36 bits per heavy atom. The zero-order valence-electron chi connectivity index (χ0n) is 13.8. The highest BCUT2D eigenvalue weighted by molar-refractivity contribution is 7.16. The third-order valence-electron chi connectivity index (χ3n) is 4.00. The molecule has 1 aliphatic rings. The van der Waals surface area contributed by atoms with Crippen molar-refractivity contribution in [3.63, 3.8) is 0 Å². The Bertz CT molecular complexity index is 803. The van der Waals surface area contributed by atoms with Gasteiger partial charge in [-0.05, 0) is 42.7 Å². The van der Waals surface area contributed by atoms with Crippen LogP contribution in [0.2, 0.25) is 0 Å². The van der Waals surface area contributed by atoms with E-state index in [2.05, 4.69) is 23.4 Å². The summed E-state index contributed by atoms with van der Waals surface area (Å²) in [5.41, 5.74) is 5.03. The number of nitrogens with zero attached hydrogens (tertiary/aromatic N) is 1. The molecule has 2 aromatic rings. The molecule has 1 amide bonds. The van der Waals surface area contributed by atoms with Gasteiger partial charge in [0.15, 0.2) is 6.61 Å². The first-order chi connectivity index (χ1) is 12.2. The van der Waals surface area contributed by atoms with Crippen molar-refractivity contribution in [2.45, 2.75) is 32.1 Å². The number of nitriles is 1. The van der Waals surface area contributed by atoms with Crippen LogP contribution in [-0.4, -0.2) is 12.5 Å². The summed E-state index contributed by atoms with van der Waals surface area (Å²) < 4.78 is 0. The molecule has 2 heterocycles. The number of hydroxylamine groups is 1. The summed E-state index contributed by atoms with van der Waals surface area (Å²) in [6, 6.07) is 6.09. The van der Waals surface area contributed by atoms with Gasteiger partial charge in [-0.25, -0.2) is 0 Å². The molecule has 0 radical (unpaired) electrons.